The average Bonchev–Trinajstić information content (AvgIpc) is 1.21. The Kier molecular flexibility index (Phi) is 2.64. The largest absolute Gasteiger partial charge is 0.481 e. The minimum Gasteiger partial charge on any atom is -0.481 e. The zero-order chi connectivity index (χ0) is 6.78. The van der Waals surface area contributed by atoms with Crippen LogP contribution in [0.4, 0.5) is 0 Å². The van der Waals surface area contributed by atoms with Crippen molar-refractivity contribution >= 4 is 36.7 Å². The molecule has 0 amide bonds. The maximum Gasteiger partial charge on any atom is 0.302 e. The Hall–Kier alpha value is 0.121. The van der Waals surface area contributed by atoms with Crippen molar-refractivity contribution in [2.24, 2.45) is 0 Å². The predicted octanol–water partition coefficient (Wildman–Crippen LogP) is -3.37. The molecule has 0 fully saturated rings. The van der Waals surface area contributed by atoms with E-state index in [2.05, 4.69) is 0 Å². The highest BCUT2D eigenvalue weighted by Gasteiger charge is 2.14. The normalized spacial score (nSPS) is 18.5. The molecule has 0 aromatic rings. The summed E-state index contributed by atoms with van der Waals surface area (Å²) in [5.41, 5.74) is 0. The van der Waals surface area contributed by atoms with E-state index in [0.29, 0.717) is 10.7 Å². The van der Waals surface area contributed by atoms with Crippen LogP contribution in [0.2, 0.25) is 4.28 Å². The zero-order valence-electron chi connectivity index (χ0n) is 5.56. The molecule has 0 aromatic heterocycles. The Morgan fingerprint density at radius 1 is 1.50 bits per heavy atom. The second kappa shape index (κ2) is 2.60. The minimum atomic E-state index is -0.620. The highest BCUT2D eigenvalue weighted by molar-refractivity contribution is 6.59. The predicted molar refractivity (Wildman–Crippen MR) is 44.8 cm³/mol. The van der Waals surface area contributed by atoms with Crippen molar-refractivity contribution in [2.75, 3.05) is 0 Å². The summed E-state index contributed by atoms with van der Waals surface area (Å²) >= 11 is 0. The van der Waals surface area contributed by atoms with Gasteiger partial charge in [0.2, 0.25) is 0 Å². The Balaban J connectivity index is 3.55. The lowest BCUT2D eigenvalue weighted by atomic mass is 10.5. The van der Waals surface area contributed by atoms with E-state index in [9.17, 15) is 4.79 Å². The van der Waals surface area contributed by atoms with Gasteiger partial charge in [0, 0.05) is 37.1 Å². The summed E-state index contributed by atoms with van der Waals surface area (Å²) < 4.78 is 0.339. The standard InChI is InChI=1S/C3H12O2Si3/c4-2(5)1-3(6,7)8/h1H2,6-8H3,(H,4,5). The topological polar surface area (TPSA) is 37.3 Å². The Bertz CT molecular complexity index is 95.2. The van der Waals surface area contributed by atoms with Gasteiger partial charge in [0.05, 0.1) is 0 Å². The third kappa shape index (κ3) is 6.12. The molecule has 0 saturated heterocycles. The molecule has 1 N–H and O–H groups in total. The fourth-order valence-corrected chi connectivity index (χ4v) is 1.36. The van der Waals surface area contributed by atoms with Crippen molar-refractivity contribution in [3.05, 3.63) is 0 Å². The molecule has 48 valence electrons. The van der Waals surface area contributed by atoms with Crippen LogP contribution < -0.4 is 0 Å². The molecule has 0 saturated carbocycles. The number of hydrogen-bond donors (Lipinski definition) is 1. The molecule has 8 heavy (non-hydrogen) atoms. The van der Waals surface area contributed by atoms with Gasteiger partial charge in [-0.1, -0.05) is 4.28 Å². The van der Waals surface area contributed by atoms with Crippen LogP contribution in [-0.2, 0) is 4.79 Å². The lowest BCUT2D eigenvalue weighted by Crippen LogP contribution is -2.17. The van der Waals surface area contributed by atoms with Crippen LogP contribution in [0.15, 0.2) is 0 Å². The first-order valence-corrected chi connectivity index (χ1v) is 5.63. The van der Waals surface area contributed by atoms with E-state index in [-0.39, 0.29) is 0 Å². The Morgan fingerprint density at radius 2 is 1.88 bits per heavy atom. The molecule has 0 atom stereocenters. The van der Waals surface area contributed by atoms with Crippen molar-refractivity contribution in [1.29, 1.82) is 0 Å². The van der Waals surface area contributed by atoms with Crippen LogP contribution in [0.5, 0.6) is 0 Å². The Labute approximate surface area is 57.9 Å². The van der Waals surface area contributed by atoms with Gasteiger partial charge in [-0.15, -0.1) is 0 Å². The molecule has 0 aliphatic heterocycles. The van der Waals surface area contributed by atoms with Crippen LogP contribution in [0.25, 0.3) is 0 Å². The summed E-state index contributed by atoms with van der Waals surface area (Å²) in [5, 5.41) is 8.32. The van der Waals surface area contributed by atoms with E-state index in [0.717, 1.165) is 30.7 Å². The van der Waals surface area contributed by atoms with Gasteiger partial charge in [0.1, 0.15) is 0 Å². The van der Waals surface area contributed by atoms with E-state index >= 15 is 0 Å². The molecule has 0 bridgehead atoms. The second-order valence-corrected chi connectivity index (χ2v) is 17.3. The van der Waals surface area contributed by atoms with Gasteiger partial charge in [-0.05, 0) is 0 Å². The monoisotopic (exact) mass is 164 g/mol. The number of carbonyl (C=O) groups is 1. The van der Waals surface area contributed by atoms with E-state index in [1.165, 1.54) is 0 Å². The number of carboxylic acid groups (broad SMARTS) is 1. The first-order valence-electron chi connectivity index (χ1n) is 2.63. The molecule has 0 spiro atoms. The van der Waals surface area contributed by atoms with Crippen molar-refractivity contribution in [1.82, 2.24) is 0 Å². The molecule has 0 aliphatic rings. The van der Waals surface area contributed by atoms with Gasteiger partial charge in [-0.2, -0.15) is 0 Å². The molecule has 0 radical (unpaired) electrons. The molecule has 0 unspecified atom stereocenters. The fourth-order valence-electron chi connectivity index (χ4n) is 0.454. The molecule has 0 heterocycles. The van der Waals surface area contributed by atoms with Crippen molar-refractivity contribution in [2.45, 2.75) is 10.7 Å². The quantitative estimate of drug-likeness (QED) is 0.433. The van der Waals surface area contributed by atoms with Gasteiger partial charge in [0.15, 0.2) is 0 Å². The van der Waals surface area contributed by atoms with Crippen LogP contribution in [0.3, 0.4) is 0 Å². The van der Waals surface area contributed by atoms with E-state index in [1.54, 1.807) is 0 Å². The lowest BCUT2D eigenvalue weighted by molar-refractivity contribution is -0.136. The molecular formula is C3H12O2Si3. The third-order valence-corrected chi connectivity index (χ3v) is 1.74. The summed E-state index contributed by atoms with van der Waals surface area (Å²) in [7, 11) is 3.21. The third-order valence-electron chi connectivity index (χ3n) is 0.682. The summed E-state index contributed by atoms with van der Waals surface area (Å²) in [6, 6.07) is 0. The molecular weight excluding hydrogens is 152 g/mol. The van der Waals surface area contributed by atoms with E-state index in [4.69, 9.17) is 5.11 Å². The van der Waals surface area contributed by atoms with E-state index in [1.807, 2.05) is 0 Å². The lowest BCUT2D eigenvalue weighted by Gasteiger charge is -2.12. The van der Waals surface area contributed by atoms with Gasteiger partial charge >= 0.3 is 5.97 Å². The Morgan fingerprint density at radius 3 is 1.88 bits per heavy atom. The highest BCUT2D eigenvalue weighted by atomic mass is 28.3. The summed E-state index contributed by atoms with van der Waals surface area (Å²) in [5.74, 6) is -0.620. The van der Waals surface area contributed by atoms with Crippen LogP contribution in [-0.4, -0.2) is 41.8 Å². The number of aliphatic carboxylic acids is 1. The number of hydrogen-bond acceptors (Lipinski definition) is 1. The molecule has 5 heteroatoms. The molecule has 0 rings (SSSR count). The molecule has 0 aliphatic carbocycles. The van der Waals surface area contributed by atoms with E-state index < -0.39 is 5.97 Å². The van der Waals surface area contributed by atoms with Gasteiger partial charge < -0.3 is 5.11 Å². The smallest absolute Gasteiger partial charge is 0.302 e. The summed E-state index contributed by atoms with van der Waals surface area (Å²) in [4.78, 5) is 10.1. The van der Waals surface area contributed by atoms with Crippen molar-refractivity contribution in [3.8, 4) is 0 Å². The summed E-state index contributed by atoms with van der Waals surface area (Å²) in [6.45, 7) is 0. The van der Waals surface area contributed by atoms with Crippen LogP contribution in [0, 0.1) is 0 Å². The van der Waals surface area contributed by atoms with Crippen LogP contribution in [0.1, 0.15) is 6.42 Å². The first-order chi connectivity index (χ1) is 3.42. The number of carboxylic acids is 1. The zero-order valence-corrected chi connectivity index (χ0v) is 11.6. The molecule has 2 nitrogen and oxygen atoms in total. The van der Waals surface area contributed by atoms with Gasteiger partial charge in [0.25, 0.3) is 0 Å². The van der Waals surface area contributed by atoms with Crippen molar-refractivity contribution < 1.29 is 9.90 Å². The first kappa shape index (κ1) is 8.12. The highest BCUT2D eigenvalue weighted by Crippen LogP contribution is 2.12. The maximum absolute atomic E-state index is 10.1. The summed E-state index contributed by atoms with van der Waals surface area (Å²) in [6.07, 6.45) is 0.428. The SMILES string of the molecule is O=C(O)CC([SiH3])([SiH3])[SiH3]. The van der Waals surface area contributed by atoms with Gasteiger partial charge in [-0.25, -0.2) is 0 Å². The number of rotatable bonds is 2. The van der Waals surface area contributed by atoms with Gasteiger partial charge in [-0.3, -0.25) is 4.79 Å². The minimum absolute atomic E-state index is 0.339. The fraction of sp³-hybridized carbons (Fsp3) is 0.667. The second-order valence-electron chi connectivity index (χ2n) is 3.13. The average molecular weight is 164 g/mol. The molecule has 0 aromatic carbocycles. The van der Waals surface area contributed by atoms with Crippen molar-refractivity contribution in [3.63, 3.8) is 0 Å². The van der Waals surface area contributed by atoms with Crippen LogP contribution >= 0.6 is 0 Å². The maximum atomic E-state index is 10.1.